The molecule has 1 unspecified atom stereocenters. The average Bonchev–Trinajstić information content (AvgIpc) is 2.22. The molecule has 4 nitrogen and oxygen atoms in total. The number of carbonyl (C=O) groups excluding carboxylic acids is 1. The number of hydrogen-bond acceptors (Lipinski definition) is 3. The number of carbonyl (C=O) groups is 1. The Bertz CT molecular complexity index is 172. The van der Waals surface area contributed by atoms with E-state index in [0.29, 0.717) is 6.42 Å². The summed E-state index contributed by atoms with van der Waals surface area (Å²) in [6, 6.07) is 0.186. The maximum absolute atomic E-state index is 11.3. The van der Waals surface area contributed by atoms with Crippen LogP contribution < -0.4 is 11.1 Å². The lowest BCUT2D eigenvalue weighted by atomic mass is 10.1. The van der Waals surface area contributed by atoms with Crippen molar-refractivity contribution in [3.05, 3.63) is 0 Å². The molecule has 0 bridgehead atoms. The van der Waals surface area contributed by atoms with Crippen molar-refractivity contribution in [3.63, 3.8) is 0 Å². The van der Waals surface area contributed by atoms with Gasteiger partial charge in [0.25, 0.3) is 0 Å². The molecule has 0 aromatic carbocycles. The van der Waals surface area contributed by atoms with Crippen LogP contribution in [0, 0.1) is 0 Å². The first-order valence-corrected chi connectivity index (χ1v) is 6.30. The Balaban J connectivity index is 3.17. The number of aliphatic hydroxyl groups excluding tert-OH is 1. The van der Waals surface area contributed by atoms with Crippen molar-refractivity contribution in [2.75, 3.05) is 13.2 Å². The van der Waals surface area contributed by atoms with Gasteiger partial charge in [-0.3, -0.25) is 4.79 Å². The number of nitrogens with one attached hydrogen (secondary N) is 1. The zero-order chi connectivity index (χ0) is 12.2. The summed E-state index contributed by atoms with van der Waals surface area (Å²) in [4.78, 5) is 11.3. The molecule has 0 saturated heterocycles. The van der Waals surface area contributed by atoms with Crippen molar-refractivity contribution in [2.24, 2.45) is 5.73 Å². The minimum absolute atomic E-state index is 0.128. The predicted molar refractivity (Wildman–Crippen MR) is 66.1 cm³/mol. The molecule has 1 atom stereocenters. The van der Waals surface area contributed by atoms with Crippen molar-refractivity contribution >= 4 is 5.91 Å². The van der Waals surface area contributed by atoms with E-state index in [1.54, 1.807) is 0 Å². The van der Waals surface area contributed by atoms with Gasteiger partial charge < -0.3 is 16.2 Å². The van der Waals surface area contributed by atoms with Gasteiger partial charge in [0.2, 0.25) is 5.91 Å². The van der Waals surface area contributed by atoms with E-state index in [-0.39, 0.29) is 18.6 Å². The first-order chi connectivity index (χ1) is 7.66. The molecule has 0 aliphatic heterocycles. The lowest BCUT2D eigenvalue weighted by Crippen LogP contribution is -2.24. The van der Waals surface area contributed by atoms with Gasteiger partial charge >= 0.3 is 0 Å². The maximum Gasteiger partial charge on any atom is 0.219 e. The Morgan fingerprint density at radius 2 is 1.94 bits per heavy atom. The SMILES string of the molecule is CC(N)CCCC(=O)NCCCCCCO. The van der Waals surface area contributed by atoms with E-state index >= 15 is 0 Å². The normalized spacial score (nSPS) is 12.4. The van der Waals surface area contributed by atoms with Crippen LogP contribution in [-0.4, -0.2) is 30.2 Å². The molecule has 0 aliphatic carbocycles. The van der Waals surface area contributed by atoms with Crippen molar-refractivity contribution in [2.45, 2.75) is 57.9 Å². The zero-order valence-electron chi connectivity index (χ0n) is 10.4. The van der Waals surface area contributed by atoms with Gasteiger partial charge in [-0.05, 0) is 32.6 Å². The second kappa shape index (κ2) is 10.9. The molecule has 0 aromatic rings. The highest BCUT2D eigenvalue weighted by Gasteiger charge is 2.01. The highest BCUT2D eigenvalue weighted by Crippen LogP contribution is 2.00. The lowest BCUT2D eigenvalue weighted by molar-refractivity contribution is -0.121. The Labute approximate surface area is 98.6 Å². The predicted octanol–water partition coefficient (Wildman–Crippen LogP) is 1.17. The monoisotopic (exact) mass is 230 g/mol. The summed E-state index contributed by atoms with van der Waals surface area (Å²) >= 11 is 0. The van der Waals surface area contributed by atoms with Crippen LogP contribution in [0.5, 0.6) is 0 Å². The molecule has 16 heavy (non-hydrogen) atoms. The van der Waals surface area contributed by atoms with E-state index in [1.165, 1.54) is 0 Å². The standard InChI is InChI=1S/C12H26N2O2/c1-11(13)7-6-8-12(16)14-9-4-2-3-5-10-15/h11,15H,2-10,13H2,1H3,(H,14,16). The molecule has 0 aliphatic rings. The number of amides is 1. The number of unbranched alkanes of at least 4 members (excludes halogenated alkanes) is 3. The third-order valence-corrected chi connectivity index (χ3v) is 2.47. The Kier molecular flexibility index (Phi) is 10.5. The van der Waals surface area contributed by atoms with Crippen molar-refractivity contribution < 1.29 is 9.90 Å². The largest absolute Gasteiger partial charge is 0.396 e. The highest BCUT2D eigenvalue weighted by atomic mass is 16.2. The van der Waals surface area contributed by atoms with Crippen LogP contribution >= 0.6 is 0 Å². The molecule has 0 saturated carbocycles. The molecule has 0 fully saturated rings. The van der Waals surface area contributed by atoms with E-state index in [0.717, 1.165) is 45.1 Å². The third-order valence-electron chi connectivity index (χ3n) is 2.47. The van der Waals surface area contributed by atoms with E-state index in [4.69, 9.17) is 10.8 Å². The van der Waals surface area contributed by atoms with Crippen LogP contribution in [0.2, 0.25) is 0 Å². The van der Waals surface area contributed by atoms with Crippen LogP contribution in [-0.2, 0) is 4.79 Å². The summed E-state index contributed by atoms with van der Waals surface area (Å²) in [5.74, 6) is 0.128. The van der Waals surface area contributed by atoms with Gasteiger partial charge in [-0.15, -0.1) is 0 Å². The molecule has 0 spiro atoms. The summed E-state index contributed by atoms with van der Waals surface area (Å²) in [7, 11) is 0. The summed E-state index contributed by atoms with van der Waals surface area (Å²) in [5, 5.41) is 11.5. The first-order valence-electron chi connectivity index (χ1n) is 6.30. The topological polar surface area (TPSA) is 75.4 Å². The zero-order valence-corrected chi connectivity index (χ0v) is 10.4. The van der Waals surface area contributed by atoms with Crippen LogP contribution in [0.4, 0.5) is 0 Å². The Morgan fingerprint density at radius 3 is 2.56 bits per heavy atom. The van der Waals surface area contributed by atoms with Gasteiger partial charge in [-0.1, -0.05) is 12.8 Å². The number of hydrogen-bond donors (Lipinski definition) is 3. The minimum atomic E-state index is 0.128. The molecule has 0 rings (SSSR count). The molecule has 4 heteroatoms. The summed E-state index contributed by atoms with van der Waals surface area (Å²) in [6.45, 7) is 2.98. The molecule has 0 radical (unpaired) electrons. The Morgan fingerprint density at radius 1 is 1.25 bits per heavy atom. The van der Waals surface area contributed by atoms with Crippen LogP contribution in [0.1, 0.15) is 51.9 Å². The van der Waals surface area contributed by atoms with E-state index in [1.807, 2.05) is 6.92 Å². The molecular formula is C12H26N2O2. The van der Waals surface area contributed by atoms with Crippen molar-refractivity contribution in [3.8, 4) is 0 Å². The summed E-state index contributed by atoms with van der Waals surface area (Å²) < 4.78 is 0. The third kappa shape index (κ3) is 11.5. The van der Waals surface area contributed by atoms with Gasteiger partial charge in [0.15, 0.2) is 0 Å². The van der Waals surface area contributed by atoms with Crippen molar-refractivity contribution in [1.82, 2.24) is 5.32 Å². The van der Waals surface area contributed by atoms with Gasteiger partial charge in [-0.25, -0.2) is 0 Å². The van der Waals surface area contributed by atoms with Crippen LogP contribution in [0.15, 0.2) is 0 Å². The number of nitrogens with two attached hydrogens (primary N) is 1. The van der Waals surface area contributed by atoms with Crippen molar-refractivity contribution in [1.29, 1.82) is 0 Å². The number of rotatable bonds is 10. The fourth-order valence-corrected chi connectivity index (χ4v) is 1.49. The molecule has 0 heterocycles. The van der Waals surface area contributed by atoms with Gasteiger partial charge in [-0.2, -0.15) is 0 Å². The fourth-order valence-electron chi connectivity index (χ4n) is 1.49. The van der Waals surface area contributed by atoms with Gasteiger partial charge in [0.05, 0.1) is 0 Å². The number of aliphatic hydroxyl groups is 1. The highest BCUT2D eigenvalue weighted by molar-refractivity contribution is 5.75. The first kappa shape index (κ1) is 15.4. The second-order valence-corrected chi connectivity index (χ2v) is 4.36. The van der Waals surface area contributed by atoms with Crippen LogP contribution in [0.25, 0.3) is 0 Å². The second-order valence-electron chi connectivity index (χ2n) is 4.36. The molecular weight excluding hydrogens is 204 g/mol. The summed E-state index contributed by atoms with van der Waals surface area (Å²) in [5.41, 5.74) is 5.59. The van der Waals surface area contributed by atoms with Crippen LogP contribution in [0.3, 0.4) is 0 Å². The maximum atomic E-state index is 11.3. The molecule has 96 valence electrons. The molecule has 1 amide bonds. The Hall–Kier alpha value is -0.610. The molecule has 0 aromatic heterocycles. The van der Waals surface area contributed by atoms with Gasteiger partial charge in [0, 0.05) is 25.6 Å². The minimum Gasteiger partial charge on any atom is -0.396 e. The molecule has 4 N–H and O–H groups in total. The summed E-state index contributed by atoms with van der Waals surface area (Å²) in [6.07, 6.45) is 6.33. The smallest absolute Gasteiger partial charge is 0.219 e. The van der Waals surface area contributed by atoms with Gasteiger partial charge in [0.1, 0.15) is 0 Å². The van der Waals surface area contributed by atoms with E-state index in [9.17, 15) is 4.79 Å². The quantitative estimate of drug-likeness (QED) is 0.493. The lowest BCUT2D eigenvalue weighted by Gasteiger charge is -2.06. The average molecular weight is 230 g/mol. The van der Waals surface area contributed by atoms with E-state index in [2.05, 4.69) is 5.32 Å². The fraction of sp³-hybridized carbons (Fsp3) is 0.917. The van der Waals surface area contributed by atoms with E-state index < -0.39 is 0 Å².